The molecule has 11 heteroatoms. The van der Waals surface area contributed by atoms with Gasteiger partial charge in [0.15, 0.2) is 5.69 Å². The van der Waals surface area contributed by atoms with E-state index in [0.717, 1.165) is 38.5 Å². The number of carbonyl (C=O) groups is 1. The van der Waals surface area contributed by atoms with Crippen LogP contribution in [0.2, 0.25) is 5.28 Å². The lowest BCUT2D eigenvalue weighted by molar-refractivity contribution is 0.0145. The summed E-state index contributed by atoms with van der Waals surface area (Å²) in [6, 6.07) is 5.66. The number of carbonyl (C=O) groups excluding carboxylic acids is 1. The summed E-state index contributed by atoms with van der Waals surface area (Å²) in [6.07, 6.45) is 5.22. The quantitative estimate of drug-likeness (QED) is 0.294. The maximum atomic E-state index is 14.6. The molecule has 3 fully saturated rings. The summed E-state index contributed by atoms with van der Waals surface area (Å²) >= 11 is 6.10. The molecule has 2 unspecified atom stereocenters. The van der Waals surface area contributed by atoms with Gasteiger partial charge in [-0.15, -0.1) is 0 Å². The van der Waals surface area contributed by atoms with E-state index < -0.39 is 17.6 Å². The van der Waals surface area contributed by atoms with Gasteiger partial charge < -0.3 is 18.9 Å². The number of nitrogens with zero attached hydrogens (tertiary/aromatic N) is 4. The Morgan fingerprint density at radius 1 is 1.14 bits per heavy atom. The van der Waals surface area contributed by atoms with E-state index in [4.69, 9.17) is 25.6 Å². The van der Waals surface area contributed by atoms with E-state index in [1.54, 1.807) is 6.07 Å². The summed E-state index contributed by atoms with van der Waals surface area (Å²) in [6.45, 7) is 0.161. The number of halogens is 3. The van der Waals surface area contributed by atoms with Gasteiger partial charge in [-0.3, -0.25) is 0 Å². The number of hydrogen-bond donors (Lipinski definition) is 0. The van der Waals surface area contributed by atoms with Gasteiger partial charge in [0.05, 0.1) is 25.4 Å². The minimum absolute atomic E-state index is 0.0105. The summed E-state index contributed by atoms with van der Waals surface area (Å²) in [5, 5.41) is 4.05. The molecule has 37 heavy (non-hydrogen) atoms. The molecule has 0 radical (unpaired) electrons. The van der Waals surface area contributed by atoms with Crippen molar-refractivity contribution in [3.8, 4) is 11.3 Å². The van der Waals surface area contributed by atoms with Crippen molar-refractivity contribution in [2.24, 2.45) is 0 Å². The smallest absolute Gasteiger partial charge is 0.356 e. The molecule has 4 heterocycles. The third-order valence-electron chi connectivity index (χ3n) is 7.46. The molecule has 3 aromatic rings. The van der Waals surface area contributed by atoms with E-state index in [0.29, 0.717) is 17.1 Å². The van der Waals surface area contributed by atoms with Crippen LogP contribution in [0.4, 0.5) is 14.6 Å². The van der Waals surface area contributed by atoms with Crippen LogP contribution in [0.5, 0.6) is 0 Å². The third kappa shape index (κ3) is 4.57. The standard InChI is InChI=1S/C26H25ClF2N4O4/c1-35-25(34)20-11-21(31-26(27)30-20)33-14-7-8-15(33)10-16(9-14)36-12-17-23(32-37-24(17)13-5-6-13)22-18(28)3-2-4-19(22)29/h2-4,11,13-16H,5-10,12H2,1H3/t14-,15?,16?/m0/s1. The van der Waals surface area contributed by atoms with Gasteiger partial charge in [-0.05, 0) is 62.3 Å². The number of rotatable bonds is 7. The van der Waals surface area contributed by atoms with Crippen LogP contribution in [0.15, 0.2) is 28.8 Å². The molecule has 2 aliphatic heterocycles. The van der Waals surface area contributed by atoms with E-state index in [2.05, 4.69) is 20.0 Å². The SMILES string of the molecule is COC(=O)c1cc(N2C3CC[C@H]2CC(OCc2c(-c4c(F)cccc4F)noc2C2CC2)C3)nc(Cl)n1. The number of piperidine rings is 1. The second kappa shape index (κ2) is 9.64. The summed E-state index contributed by atoms with van der Waals surface area (Å²) in [7, 11) is 1.29. The highest BCUT2D eigenvalue weighted by molar-refractivity contribution is 6.28. The molecule has 8 nitrogen and oxygen atoms in total. The normalized spacial score (nSPS) is 22.9. The zero-order valence-corrected chi connectivity index (χ0v) is 20.9. The average Bonchev–Trinajstić information content (AvgIpc) is 3.59. The van der Waals surface area contributed by atoms with Gasteiger partial charge in [0.2, 0.25) is 5.28 Å². The van der Waals surface area contributed by atoms with Crippen LogP contribution in [-0.2, 0) is 16.1 Å². The van der Waals surface area contributed by atoms with Crippen molar-refractivity contribution in [2.75, 3.05) is 12.0 Å². The highest BCUT2D eigenvalue weighted by Gasteiger charge is 2.43. The lowest BCUT2D eigenvalue weighted by Gasteiger charge is -2.39. The number of fused-ring (bicyclic) bond motifs is 2. The highest BCUT2D eigenvalue weighted by atomic mass is 35.5. The van der Waals surface area contributed by atoms with Crippen molar-refractivity contribution in [3.63, 3.8) is 0 Å². The van der Waals surface area contributed by atoms with Crippen molar-refractivity contribution < 1.29 is 27.6 Å². The summed E-state index contributed by atoms with van der Waals surface area (Å²) in [4.78, 5) is 22.5. The van der Waals surface area contributed by atoms with Gasteiger partial charge in [-0.2, -0.15) is 0 Å². The molecule has 3 aliphatic rings. The van der Waals surface area contributed by atoms with Crippen LogP contribution in [0.1, 0.15) is 66.3 Å². The highest BCUT2D eigenvalue weighted by Crippen LogP contribution is 2.45. The molecule has 0 N–H and O–H groups in total. The molecule has 194 valence electrons. The molecular weight excluding hydrogens is 506 g/mol. The second-order valence-electron chi connectivity index (χ2n) is 9.81. The van der Waals surface area contributed by atoms with E-state index in [9.17, 15) is 13.6 Å². The van der Waals surface area contributed by atoms with E-state index >= 15 is 0 Å². The Labute approximate surface area is 216 Å². The van der Waals surface area contributed by atoms with Crippen LogP contribution >= 0.6 is 11.6 Å². The van der Waals surface area contributed by atoms with E-state index in [-0.39, 0.29) is 52.9 Å². The minimum Gasteiger partial charge on any atom is -0.464 e. The molecule has 3 atom stereocenters. The Balaban J connectivity index is 1.21. The van der Waals surface area contributed by atoms with Gasteiger partial charge in [-0.1, -0.05) is 11.2 Å². The first-order chi connectivity index (χ1) is 17.9. The Morgan fingerprint density at radius 2 is 1.84 bits per heavy atom. The van der Waals surface area contributed by atoms with Gasteiger partial charge >= 0.3 is 5.97 Å². The number of aromatic nitrogens is 3. The number of benzene rings is 1. The lowest BCUT2D eigenvalue weighted by atomic mass is 9.99. The molecule has 1 saturated carbocycles. The molecule has 0 amide bonds. The number of ether oxygens (including phenoxy) is 2. The van der Waals surface area contributed by atoms with Crippen molar-refractivity contribution in [1.82, 2.24) is 15.1 Å². The molecule has 6 rings (SSSR count). The second-order valence-corrected chi connectivity index (χ2v) is 10.2. The molecule has 2 bridgehead atoms. The maximum absolute atomic E-state index is 14.6. The maximum Gasteiger partial charge on any atom is 0.356 e. The van der Waals surface area contributed by atoms with Crippen LogP contribution in [0.25, 0.3) is 11.3 Å². The van der Waals surface area contributed by atoms with Crippen LogP contribution in [0, 0.1) is 11.6 Å². The van der Waals surface area contributed by atoms with Crippen LogP contribution < -0.4 is 4.90 Å². The zero-order valence-electron chi connectivity index (χ0n) is 20.1. The van der Waals surface area contributed by atoms with Crippen LogP contribution in [0.3, 0.4) is 0 Å². The topological polar surface area (TPSA) is 90.6 Å². The van der Waals surface area contributed by atoms with Gasteiger partial charge in [0, 0.05) is 29.6 Å². The Kier molecular flexibility index (Phi) is 6.32. The molecule has 2 saturated heterocycles. The fourth-order valence-corrected chi connectivity index (χ4v) is 5.81. The first-order valence-corrected chi connectivity index (χ1v) is 12.8. The van der Waals surface area contributed by atoms with E-state index in [1.165, 1.54) is 25.3 Å². The molecular formula is C26H25ClF2N4O4. The summed E-state index contributed by atoms with van der Waals surface area (Å²) < 4.78 is 45.8. The number of esters is 1. The predicted octanol–water partition coefficient (Wildman–Crippen LogP) is 5.44. The fraction of sp³-hybridized carbons (Fsp3) is 0.462. The first-order valence-electron chi connectivity index (χ1n) is 12.4. The number of methoxy groups -OCH3 is 1. The first kappa shape index (κ1) is 24.2. The monoisotopic (exact) mass is 530 g/mol. The predicted molar refractivity (Wildman–Crippen MR) is 129 cm³/mol. The molecule has 1 aromatic carbocycles. The fourth-order valence-electron chi connectivity index (χ4n) is 5.63. The van der Waals surface area contributed by atoms with Crippen molar-refractivity contribution >= 4 is 23.4 Å². The number of anilines is 1. The molecule has 0 spiro atoms. The average molecular weight is 531 g/mol. The van der Waals surface area contributed by atoms with Crippen molar-refractivity contribution in [1.29, 1.82) is 0 Å². The van der Waals surface area contributed by atoms with Gasteiger partial charge in [0.25, 0.3) is 0 Å². The molecule has 2 aromatic heterocycles. The van der Waals surface area contributed by atoms with Crippen molar-refractivity contribution in [2.45, 2.75) is 69.2 Å². The van der Waals surface area contributed by atoms with Crippen LogP contribution in [-0.4, -0.2) is 46.4 Å². The lowest BCUT2D eigenvalue weighted by Crippen LogP contribution is -2.46. The van der Waals surface area contributed by atoms with Gasteiger partial charge in [0.1, 0.15) is 28.9 Å². The third-order valence-corrected chi connectivity index (χ3v) is 7.63. The zero-order chi connectivity index (χ0) is 25.7. The summed E-state index contributed by atoms with van der Waals surface area (Å²) in [5.74, 6) is -0.475. The Morgan fingerprint density at radius 3 is 2.49 bits per heavy atom. The Hall–Kier alpha value is -3.11. The van der Waals surface area contributed by atoms with Crippen molar-refractivity contribution in [3.05, 3.63) is 58.2 Å². The van der Waals surface area contributed by atoms with E-state index in [1.807, 2.05) is 0 Å². The molecule has 1 aliphatic carbocycles. The number of hydrogen-bond acceptors (Lipinski definition) is 8. The van der Waals surface area contributed by atoms with Gasteiger partial charge in [-0.25, -0.2) is 23.5 Å². The Bertz CT molecular complexity index is 1310. The minimum atomic E-state index is -0.682. The summed E-state index contributed by atoms with van der Waals surface area (Å²) in [5.41, 5.74) is 0.715. The largest absolute Gasteiger partial charge is 0.464 e.